The number of rotatable bonds is 4. The summed E-state index contributed by atoms with van der Waals surface area (Å²) in [5, 5.41) is 3.53. The van der Waals surface area contributed by atoms with E-state index in [9.17, 15) is 0 Å². The molecule has 1 aliphatic heterocycles. The number of halogens is 1. The van der Waals surface area contributed by atoms with E-state index in [0.29, 0.717) is 6.04 Å². The topological polar surface area (TPSA) is 15.3 Å². The van der Waals surface area contributed by atoms with Crippen molar-refractivity contribution in [1.29, 1.82) is 0 Å². The van der Waals surface area contributed by atoms with E-state index >= 15 is 0 Å². The summed E-state index contributed by atoms with van der Waals surface area (Å²) in [5.74, 6) is 0. The van der Waals surface area contributed by atoms with Crippen molar-refractivity contribution >= 4 is 21.6 Å². The molecule has 0 fully saturated rings. The van der Waals surface area contributed by atoms with E-state index in [1.165, 1.54) is 22.4 Å². The third-order valence-corrected chi connectivity index (χ3v) is 4.64. The van der Waals surface area contributed by atoms with E-state index in [2.05, 4.69) is 82.5 Å². The summed E-state index contributed by atoms with van der Waals surface area (Å²) >= 11 is 3.61. The van der Waals surface area contributed by atoms with Crippen LogP contribution >= 0.6 is 15.9 Å². The maximum atomic E-state index is 3.61. The molecule has 3 heteroatoms. The summed E-state index contributed by atoms with van der Waals surface area (Å²) in [6, 6.07) is 15.7. The van der Waals surface area contributed by atoms with Gasteiger partial charge < -0.3 is 10.2 Å². The van der Waals surface area contributed by atoms with Gasteiger partial charge in [-0.1, -0.05) is 47.1 Å². The predicted octanol–water partition coefficient (Wildman–Crippen LogP) is 4.64. The van der Waals surface area contributed by atoms with Crippen molar-refractivity contribution in [1.82, 2.24) is 5.32 Å². The molecular formula is C18H21BrN2. The van der Waals surface area contributed by atoms with Crippen LogP contribution in [0.4, 0.5) is 5.69 Å². The molecule has 110 valence electrons. The van der Waals surface area contributed by atoms with Crippen molar-refractivity contribution < 1.29 is 0 Å². The number of nitrogens with one attached hydrogen (secondary N) is 1. The van der Waals surface area contributed by atoms with E-state index in [-0.39, 0.29) is 0 Å². The first-order valence-corrected chi connectivity index (χ1v) is 8.33. The SMILES string of the molecule is CCNC(C)c1cc(Br)ccc1N1Cc2ccccc2C1. The Balaban J connectivity index is 1.93. The van der Waals surface area contributed by atoms with E-state index in [4.69, 9.17) is 0 Å². The van der Waals surface area contributed by atoms with E-state index < -0.39 is 0 Å². The van der Waals surface area contributed by atoms with Gasteiger partial charge in [0.15, 0.2) is 0 Å². The van der Waals surface area contributed by atoms with Gasteiger partial charge in [0.1, 0.15) is 0 Å². The van der Waals surface area contributed by atoms with E-state index in [1.807, 2.05) is 0 Å². The highest BCUT2D eigenvalue weighted by molar-refractivity contribution is 9.10. The summed E-state index contributed by atoms with van der Waals surface area (Å²) in [7, 11) is 0. The third kappa shape index (κ3) is 2.99. The zero-order valence-electron chi connectivity index (χ0n) is 12.6. The zero-order valence-corrected chi connectivity index (χ0v) is 14.2. The van der Waals surface area contributed by atoms with E-state index in [0.717, 1.165) is 24.1 Å². The second-order valence-corrected chi connectivity index (χ2v) is 6.52. The number of fused-ring (bicyclic) bond motifs is 1. The fraction of sp³-hybridized carbons (Fsp3) is 0.333. The molecule has 0 aromatic heterocycles. The first-order valence-electron chi connectivity index (χ1n) is 7.53. The highest BCUT2D eigenvalue weighted by atomic mass is 79.9. The fourth-order valence-electron chi connectivity index (χ4n) is 3.08. The summed E-state index contributed by atoms with van der Waals surface area (Å²) in [6.07, 6.45) is 0. The summed E-state index contributed by atoms with van der Waals surface area (Å²) in [4.78, 5) is 2.47. The first kappa shape index (κ1) is 14.6. The maximum absolute atomic E-state index is 3.61. The lowest BCUT2D eigenvalue weighted by molar-refractivity contribution is 0.595. The largest absolute Gasteiger partial charge is 0.363 e. The first-order chi connectivity index (χ1) is 10.2. The van der Waals surface area contributed by atoms with Crippen molar-refractivity contribution in [3.8, 4) is 0 Å². The molecule has 0 saturated heterocycles. The van der Waals surface area contributed by atoms with Gasteiger partial charge in [0, 0.05) is 29.3 Å². The Morgan fingerprint density at radius 2 is 1.81 bits per heavy atom. The average Bonchev–Trinajstić information content (AvgIpc) is 2.91. The molecule has 2 aromatic carbocycles. The molecule has 2 nitrogen and oxygen atoms in total. The number of nitrogens with zero attached hydrogens (tertiary/aromatic N) is 1. The maximum Gasteiger partial charge on any atom is 0.0436 e. The van der Waals surface area contributed by atoms with Crippen LogP contribution in [0.2, 0.25) is 0 Å². The number of benzene rings is 2. The van der Waals surface area contributed by atoms with Crippen molar-refractivity contribution in [2.45, 2.75) is 33.0 Å². The Bertz CT molecular complexity index is 614. The molecule has 1 aliphatic rings. The molecule has 3 rings (SSSR count). The molecule has 1 heterocycles. The van der Waals surface area contributed by atoms with Crippen LogP contribution in [-0.4, -0.2) is 6.54 Å². The fourth-order valence-corrected chi connectivity index (χ4v) is 3.46. The highest BCUT2D eigenvalue weighted by Crippen LogP contribution is 2.34. The van der Waals surface area contributed by atoms with Crippen molar-refractivity contribution in [2.24, 2.45) is 0 Å². The van der Waals surface area contributed by atoms with Crippen molar-refractivity contribution in [3.63, 3.8) is 0 Å². The Kier molecular flexibility index (Phi) is 4.32. The Morgan fingerprint density at radius 1 is 1.14 bits per heavy atom. The van der Waals surface area contributed by atoms with E-state index in [1.54, 1.807) is 0 Å². The van der Waals surface area contributed by atoms with Gasteiger partial charge >= 0.3 is 0 Å². The molecule has 0 bridgehead atoms. The lowest BCUT2D eigenvalue weighted by Crippen LogP contribution is -2.22. The summed E-state index contributed by atoms with van der Waals surface area (Å²) in [6.45, 7) is 7.37. The summed E-state index contributed by atoms with van der Waals surface area (Å²) < 4.78 is 1.14. The van der Waals surface area contributed by atoms with Gasteiger partial charge in [-0.2, -0.15) is 0 Å². The quantitative estimate of drug-likeness (QED) is 0.868. The Hall–Kier alpha value is -1.32. The lowest BCUT2D eigenvalue weighted by atomic mass is 10.1. The third-order valence-electron chi connectivity index (χ3n) is 4.15. The van der Waals surface area contributed by atoms with Crippen LogP contribution in [0.1, 0.15) is 36.6 Å². The zero-order chi connectivity index (χ0) is 14.8. The molecule has 0 aliphatic carbocycles. The second kappa shape index (κ2) is 6.20. The standard InChI is InChI=1S/C18H21BrN2/c1-3-20-13(2)17-10-16(19)8-9-18(17)21-11-14-6-4-5-7-15(14)12-21/h4-10,13,20H,3,11-12H2,1-2H3. The molecule has 1 atom stereocenters. The van der Waals surface area contributed by atoms with Gasteiger partial charge in [-0.3, -0.25) is 0 Å². The number of hydrogen-bond acceptors (Lipinski definition) is 2. The molecule has 0 amide bonds. The van der Waals surface area contributed by atoms with Crippen LogP contribution in [0.3, 0.4) is 0 Å². The normalized spacial score (nSPS) is 15.1. The highest BCUT2D eigenvalue weighted by Gasteiger charge is 2.22. The van der Waals surface area contributed by atoms with Gasteiger partial charge in [0.25, 0.3) is 0 Å². The van der Waals surface area contributed by atoms with Crippen LogP contribution in [0.25, 0.3) is 0 Å². The molecule has 0 radical (unpaired) electrons. The molecule has 21 heavy (non-hydrogen) atoms. The minimum absolute atomic E-state index is 0.353. The molecule has 1 unspecified atom stereocenters. The molecule has 2 aromatic rings. The van der Waals surface area contributed by atoms with Crippen molar-refractivity contribution in [2.75, 3.05) is 11.4 Å². The van der Waals surface area contributed by atoms with Gasteiger partial charge in [-0.05, 0) is 48.4 Å². The lowest BCUT2D eigenvalue weighted by Gasteiger charge is -2.25. The van der Waals surface area contributed by atoms with Crippen molar-refractivity contribution in [3.05, 3.63) is 63.6 Å². The Labute approximate surface area is 135 Å². The predicted molar refractivity (Wildman–Crippen MR) is 92.6 cm³/mol. The molecule has 0 saturated carbocycles. The smallest absolute Gasteiger partial charge is 0.0436 e. The van der Waals surface area contributed by atoms with Gasteiger partial charge in [-0.25, -0.2) is 0 Å². The van der Waals surface area contributed by atoms with Crippen LogP contribution < -0.4 is 10.2 Å². The number of anilines is 1. The molecule has 1 N–H and O–H groups in total. The minimum atomic E-state index is 0.353. The second-order valence-electron chi connectivity index (χ2n) is 5.61. The van der Waals surface area contributed by atoms with Crippen LogP contribution in [-0.2, 0) is 13.1 Å². The van der Waals surface area contributed by atoms with Gasteiger partial charge in [-0.15, -0.1) is 0 Å². The van der Waals surface area contributed by atoms with Crippen LogP contribution in [0, 0.1) is 0 Å². The Morgan fingerprint density at radius 3 is 2.43 bits per heavy atom. The summed E-state index contributed by atoms with van der Waals surface area (Å²) in [5.41, 5.74) is 5.59. The van der Waals surface area contributed by atoms with Gasteiger partial charge in [0.2, 0.25) is 0 Å². The number of hydrogen-bond donors (Lipinski definition) is 1. The van der Waals surface area contributed by atoms with Crippen LogP contribution in [0.15, 0.2) is 46.9 Å². The minimum Gasteiger partial charge on any atom is -0.363 e. The van der Waals surface area contributed by atoms with Gasteiger partial charge in [0.05, 0.1) is 0 Å². The molecule has 0 spiro atoms. The molecular weight excluding hydrogens is 324 g/mol. The van der Waals surface area contributed by atoms with Crippen LogP contribution in [0.5, 0.6) is 0 Å². The monoisotopic (exact) mass is 344 g/mol. The average molecular weight is 345 g/mol.